The zero-order chi connectivity index (χ0) is 18.0. The van der Waals surface area contributed by atoms with Gasteiger partial charge >= 0.3 is 0 Å². The van der Waals surface area contributed by atoms with Crippen molar-refractivity contribution in [3.05, 3.63) is 53.3 Å². The third kappa shape index (κ3) is 3.74. The first-order chi connectivity index (χ1) is 12.0. The van der Waals surface area contributed by atoms with E-state index in [0.717, 1.165) is 6.07 Å². The lowest BCUT2D eigenvalue weighted by Crippen LogP contribution is -2.45. The van der Waals surface area contributed by atoms with E-state index in [1.807, 2.05) is 6.07 Å². The second-order valence-electron chi connectivity index (χ2n) is 5.64. The van der Waals surface area contributed by atoms with E-state index in [-0.39, 0.29) is 29.6 Å². The highest BCUT2D eigenvalue weighted by atomic mass is 35.5. The number of carbonyl (C=O) groups is 2. The summed E-state index contributed by atoms with van der Waals surface area (Å²) in [5.41, 5.74) is 0.674. The van der Waals surface area contributed by atoms with Gasteiger partial charge < -0.3 is 15.0 Å². The van der Waals surface area contributed by atoms with Crippen molar-refractivity contribution in [2.75, 3.05) is 16.8 Å². The first kappa shape index (κ1) is 17.2. The summed E-state index contributed by atoms with van der Waals surface area (Å²) in [7, 11) is 0. The van der Waals surface area contributed by atoms with Gasteiger partial charge in [-0.2, -0.15) is 0 Å². The highest BCUT2D eigenvalue weighted by Crippen LogP contribution is 2.33. The average Bonchev–Trinajstić information content (AvgIpc) is 2.58. The van der Waals surface area contributed by atoms with E-state index < -0.39 is 17.8 Å². The number of carbonyl (C=O) groups excluding carboxylic acids is 2. The normalized spacial score (nSPS) is 16.2. The van der Waals surface area contributed by atoms with E-state index in [2.05, 4.69) is 5.32 Å². The lowest BCUT2D eigenvalue weighted by Gasteiger charge is -2.32. The van der Waals surface area contributed by atoms with E-state index in [0.29, 0.717) is 11.4 Å². The first-order valence-electron chi connectivity index (χ1n) is 7.77. The number of rotatable bonds is 4. The van der Waals surface area contributed by atoms with Gasteiger partial charge in [-0.25, -0.2) is 4.39 Å². The Bertz CT molecular complexity index is 828. The molecule has 0 aliphatic carbocycles. The summed E-state index contributed by atoms with van der Waals surface area (Å²) in [5, 5.41) is 2.74. The average molecular weight is 363 g/mol. The Morgan fingerprint density at radius 3 is 2.84 bits per heavy atom. The summed E-state index contributed by atoms with van der Waals surface area (Å²) in [6.45, 7) is 1.83. The van der Waals surface area contributed by atoms with E-state index >= 15 is 0 Å². The molecule has 0 spiro atoms. The molecular formula is C18H16ClFN2O3. The van der Waals surface area contributed by atoms with Crippen LogP contribution in [0.25, 0.3) is 0 Å². The van der Waals surface area contributed by atoms with Crippen LogP contribution in [0.2, 0.25) is 5.02 Å². The maximum absolute atomic E-state index is 13.7. The van der Waals surface area contributed by atoms with Crippen LogP contribution in [0.4, 0.5) is 15.8 Å². The SMILES string of the molecule is CC1Oc2ccccc2N(CCC(=O)Nc2ccc(Cl)cc2F)C1=O. The Kier molecular flexibility index (Phi) is 4.90. The zero-order valence-electron chi connectivity index (χ0n) is 13.5. The van der Waals surface area contributed by atoms with E-state index in [1.54, 1.807) is 25.1 Å². The molecular weight excluding hydrogens is 347 g/mol. The Balaban J connectivity index is 1.68. The monoisotopic (exact) mass is 362 g/mol. The second-order valence-corrected chi connectivity index (χ2v) is 6.08. The van der Waals surface area contributed by atoms with Crippen molar-refractivity contribution in [2.24, 2.45) is 0 Å². The largest absolute Gasteiger partial charge is 0.479 e. The molecule has 1 atom stereocenters. The van der Waals surface area contributed by atoms with Crippen LogP contribution in [0, 0.1) is 5.82 Å². The fraction of sp³-hybridized carbons (Fsp3) is 0.222. The molecule has 1 N–H and O–H groups in total. The zero-order valence-corrected chi connectivity index (χ0v) is 14.2. The molecule has 2 aromatic rings. The van der Waals surface area contributed by atoms with Gasteiger partial charge in [0.2, 0.25) is 5.91 Å². The number of nitrogens with zero attached hydrogens (tertiary/aromatic N) is 1. The molecule has 0 saturated carbocycles. The van der Waals surface area contributed by atoms with Gasteiger partial charge in [-0.3, -0.25) is 9.59 Å². The number of benzene rings is 2. The van der Waals surface area contributed by atoms with Gasteiger partial charge in [0.25, 0.3) is 5.91 Å². The van der Waals surface area contributed by atoms with Crippen molar-refractivity contribution in [3.63, 3.8) is 0 Å². The first-order valence-corrected chi connectivity index (χ1v) is 8.15. The molecule has 5 nitrogen and oxygen atoms in total. The fourth-order valence-corrected chi connectivity index (χ4v) is 2.77. The number of ether oxygens (including phenoxy) is 1. The summed E-state index contributed by atoms with van der Waals surface area (Å²) in [4.78, 5) is 26.0. The van der Waals surface area contributed by atoms with Crippen LogP contribution >= 0.6 is 11.6 Å². The van der Waals surface area contributed by atoms with Crippen LogP contribution in [0.15, 0.2) is 42.5 Å². The molecule has 1 unspecified atom stereocenters. The minimum Gasteiger partial charge on any atom is -0.479 e. The van der Waals surface area contributed by atoms with E-state index in [9.17, 15) is 14.0 Å². The van der Waals surface area contributed by atoms with Crippen molar-refractivity contribution < 1.29 is 18.7 Å². The molecule has 25 heavy (non-hydrogen) atoms. The van der Waals surface area contributed by atoms with Crippen LogP contribution in [0.3, 0.4) is 0 Å². The molecule has 0 saturated heterocycles. The number of hydrogen-bond donors (Lipinski definition) is 1. The number of nitrogens with one attached hydrogen (secondary N) is 1. The predicted octanol–water partition coefficient (Wildman–Crippen LogP) is 3.62. The molecule has 1 aliphatic heterocycles. The summed E-state index contributed by atoms with van der Waals surface area (Å²) in [6.07, 6.45) is -0.596. The van der Waals surface area contributed by atoms with Crippen molar-refractivity contribution in [2.45, 2.75) is 19.4 Å². The predicted molar refractivity (Wildman–Crippen MR) is 93.5 cm³/mol. The molecule has 3 rings (SSSR count). The standard InChI is InChI=1S/C18H16ClFN2O3/c1-11-18(24)22(15-4-2-3-5-16(15)25-11)9-8-17(23)21-14-7-6-12(19)10-13(14)20/h2-7,10-11H,8-9H2,1H3,(H,21,23). The minimum absolute atomic E-state index is 0.0227. The number of halogens is 2. The van der Waals surface area contributed by atoms with Gasteiger partial charge in [-0.05, 0) is 37.3 Å². The van der Waals surface area contributed by atoms with E-state index in [1.165, 1.54) is 17.0 Å². The van der Waals surface area contributed by atoms with Gasteiger partial charge in [0.1, 0.15) is 11.6 Å². The van der Waals surface area contributed by atoms with Crippen LogP contribution in [0.5, 0.6) is 5.75 Å². The quantitative estimate of drug-likeness (QED) is 0.903. The van der Waals surface area contributed by atoms with Crippen molar-refractivity contribution in [3.8, 4) is 5.75 Å². The van der Waals surface area contributed by atoms with Crippen LogP contribution in [0.1, 0.15) is 13.3 Å². The number of anilines is 2. The summed E-state index contributed by atoms with van der Waals surface area (Å²) in [5.74, 6) is -0.629. The molecule has 1 heterocycles. The van der Waals surface area contributed by atoms with Crippen LogP contribution in [-0.2, 0) is 9.59 Å². The lowest BCUT2D eigenvalue weighted by molar-refractivity contribution is -0.125. The second kappa shape index (κ2) is 7.11. The number of amides is 2. The van der Waals surface area contributed by atoms with Crippen molar-refractivity contribution >= 4 is 34.8 Å². The summed E-state index contributed by atoms with van der Waals surface area (Å²) >= 11 is 5.69. The summed E-state index contributed by atoms with van der Waals surface area (Å²) < 4.78 is 19.3. The Hall–Kier alpha value is -2.60. The lowest BCUT2D eigenvalue weighted by atomic mass is 10.1. The Morgan fingerprint density at radius 1 is 1.32 bits per heavy atom. The molecule has 0 fully saturated rings. The fourth-order valence-electron chi connectivity index (χ4n) is 2.61. The van der Waals surface area contributed by atoms with Gasteiger partial charge in [-0.15, -0.1) is 0 Å². The topological polar surface area (TPSA) is 58.6 Å². The molecule has 0 radical (unpaired) electrons. The van der Waals surface area contributed by atoms with Gasteiger partial charge in [-0.1, -0.05) is 23.7 Å². The van der Waals surface area contributed by atoms with Gasteiger partial charge in [0.15, 0.2) is 6.10 Å². The number of hydrogen-bond acceptors (Lipinski definition) is 3. The molecule has 7 heteroatoms. The van der Waals surface area contributed by atoms with Crippen LogP contribution < -0.4 is 15.0 Å². The number of fused-ring (bicyclic) bond motifs is 1. The molecule has 0 bridgehead atoms. The Morgan fingerprint density at radius 2 is 2.08 bits per heavy atom. The minimum atomic E-state index is -0.619. The molecule has 2 aromatic carbocycles. The highest BCUT2D eigenvalue weighted by molar-refractivity contribution is 6.30. The third-order valence-corrected chi connectivity index (χ3v) is 4.08. The van der Waals surface area contributed by atoms with Crippen molar-refractivity contribution in [1.82, 2.24) is 0 Å². The Labute approximate surface area is 149 Å². The summed E-state index contributed by atoms with van der Waals surface area (Å²) in [6, 6.07) is 11.2. The van der Waals surface area contributed by atoms with Crippen LogP contribution in [-0.4, -0.2) is 24.5 Å². The smallest absolute Gasteiger partial charge is 0.267 e. The van der Waals surface area contributed by atoms with Crippen molar-refractivity contribution in [1.29, 1.82) is 0 Å². The molecule has 0 aromatic heterocycles. The molecule has 130 valence electrons. The van der Waals surface area contributed by atoms with Gasteiger partial charge in [0.05, 0.1) is 11.4 Å². The maximum atomic E-state index is 13.7. The molecule has 2 amide bonds. The molecule has 1 aliphatic rings. The highest BCUT2D eigenvalue weighted by Gasteiger charge is 2.31. The van der Waals surface area contributed by atoms with Gasteiger partial charge in [0, 0.05) is 18.0 Å². The number of para-hydroxylation sites is 2. The maximum Gasteiger partial charge on any atom is 0.267 e. The van der Waals surface area contributed by atoms with E-state index in [4.69, 9.17) is 16.3 Å². The third-order valence-electron chi connectivity index (χ3n) is 3.84.